The monoisotopic (exact) mass is 302 g/mol. The molecule has 10 N–H and O–H groups in total. The SMILES string of the molecule is N=C(N)NCCC[C@H](NC(=O)[C@@H](N)CCC(N)=O)C(=O)O. The van der Waals surface area contributed by atoms with E-state index in [1.54, 1.807) is 0 Å². The van der Waals surface area contributed by atoms with Gasteiger partial charge in [-0.3, -0.25) is 15.0 Å². The molecule has 21 heavy (non-hydrogen) atoms. The Morgan fingerprint density at radius 3 is 2.29 bits per heavy atom. The molecule has 0 aromatic carbocycles. The average molecular weight is 302 g/mol. The Morgan fingerprint density at radius 2 is 1.81 bits per heavy atom. The first-order chi connectivity index (χ1) is 9.73. The molecule has 10 nitrogen and oxygen atoms in total. The Balaban J connectivity index is 4.23. The van der Waals surface area contributed by atoms with E-state index in [1.807, 2.05) is 0 Å². The highest BCUT2D eigenvalue weighted by Crippen LogP contribution is 2.00. The fraction of sp³-hybridized carbons (Fsp3) is 0.636. The molecular formula is C11H22N6O4. The van der Waals surface area contributed by atoms with Crippen molar-refractivity contribution >= 4 is 23.7 Å². The van der Waals surface area contributed by atoms with Crippen molar-refractivity contribution in [3.8, 4) is 0 Å². The van der Waals surface area contributed by atoms with Crippen molar-refractivity contribution in [2.24, 2.45) is 17.2 Å². The first-order valence-electron chi connectivity index (χ1n) is 6.39. The van der Waals surface area contributed by atoms with E-state index in [1.165, 1.54) is 0 Å². The molecule has 0 unspecified atom stereocenters. The van der Waals surface area contributed by atoms with Gasteiger partial charge in [-0.1, -0.05) is 0 Å². The third kappa shape index (κ3) is 9.21. The van der Waals surface area contributed by atoms with E-state index in [4.69, 9.17) is 27.7 Å². The summed E-state index contributed by atoms with van der Waals surface area (Å²) in [7, 11) is 0. The Morgan fingerprint density at radius 1 is 1.19 bits per heavy atom. The molecule has 0 aromatic heterocycles. The lowest BCUT2D eigenvalue weighted by atomic mass is 10.1. The van der Waals surface area contributed by atoms with Gasteiger partial charge in [0.2, 0.25) is 11.8 Å². The minimum atomic E-state index is -1.19. The molecule has 0 aliphatic rings. The summed E-state index contributed by atoms with van der Waals surface area (Å²) in [6.45, 7) is 0.322. The van der Waals surface area contributed by atoms with Gasteiger partial charge in [-0.2, -0.15) is 0 Å². The van der Waals surface area contributed by atoms with E-state index in [-0.39, 0.29) is 25.2 Å². The zero-order valence-corrected chi connectivity index (χ0v) is 11.6. The molecule has 0 aliphatic heterocycles. The molecule has 0 saturated heterocycles. The van der Waals surface area contributed by atoms with Crippen LogP contribution in [0.5, 0.6) is 0 Å². The Kier molecular flexibility index (Phi) is 8.46. The van der Waals surface area contributed by atoms with E-state index in [0.29, 0.717) is 13.0 Å². The highest BCUT2D eigenvalue weighted by atomic mass is 16.4. The summed E-state index contributed by atoms with van der Waals surface area (Å²) in [5, 5.41) is 20.8. The van der Waals surface area contributed by atoms with Crippen molar-refractivity contribution < 1.29 is 19.5 Å². The van der Waals surface area contributed by atoms with Crippen LogP contribution >= 0.6 is 0 Å². The lowest BCUT2D eigenvalue weighted by Crippen LogP contribution is -2.48. The molecule has 0 saturated carbocycles. The van der Waals surface area contributed by atoms with Crippen LogP contribution in [0.2, 0.25) is 0 Å². The molecule has 0 aromatic rings. The van der Waals surface area contributed by atoms with Crippen LogP contribution in [0.15, 0.2) is 0 Å². The van der Waals surface area contributed by atoms with Crippen molar-refractivity contribution in [2.45, 2.75) is 37.8 Å². The van der Waals surface area contributed by atoms with E-state index in [2.05, 4.69) is 10.6 Å². The largest absolute Gasteiger partial charge is 0.480 e. The highest BCUT2D eigenvalue weighted by Gasteiger charge is 2.23. The van der Waals surface area contributed by atoms with Crippen LogP contribution in [0, 0.1) is 5.41 Å². The minimum Gasteiger partial charge on any atom is -0.480 e. The van der Waals surface area contributed by atoms with Gasteiger partial charge in [-0.05, 0) is 19.3 Å². The lowest BCUT2D eigenvalue weighted by molar-refractivity contribution is -0.142. The molecular weight excluding hydrogens is 280 g/mol. The number of rotatable bonds is 10. The zero-order chi connectivity index (χ0) is 16.4. The zero-order valence-electron chi connectivity index (χ0n) is 11.6. The molecule has 120 valence electrons. The molecule has 0 heterocycles. The second kappa shape index (κ2) is 9.53. The number of carboxylic acid groups (broad SMARTS) is 1. The molecule has 0 radical (unpaired) electrons. The molecule has 2 atom stereocenters. The van der Waals surface area contributed by atoms with Gasteiger partial charge >= 0.3 is 5.97 Å². The quantitative estimate of drug-likeness (QED) is 0.130. The van der Waals surface area contributed by atoms with Gasteiger partial charge in [0.25, 0.3) is 0 Å². The second-order valence-electron chi connectivity index (χ2n) is 4.49. The number of nitrogens with two attached hydrogens (primary N) is 3. The molecule has 0 spiro atoms. The van der Waals surface area contributed by atoms with Crippen LogP contribution in [0.25, 0.3) is 0 Å². The molecule has 0 aliphatic carbocycles. The third-order valence-electron chi connectivity index (χ3n) is 2.64. The molecule has 0 bridgehead atoms. The number of hydrogen-bond acceptors (Lipinski definition) is 5. The lowest BCUT2D eigenvalue weighted by Gasteiger charge is -2.17. The summed E-state index contributed by atoms with van der Waals surface area (Å²) in [6, 6.07) is -2.08. The van der Waals surface area contributed by atoms with Crippen molar-refractivity contribution in [2.75, 3.05) is 6.54 Å². The third-order valence-corrected chi connectivity index (χ3v) is 2.64. The van der Waals surface area contributed by atoms with Gasteiger partial charge in [0, 0.05) is 13.0 Å². The van der Waals surface area contributed by atoms with E-state index in [9.17, 15) is 14.4 Å². The number of primary amides is 1. The maximum absolute atomic E-state index is 11.7. The maximum atomic E-state index is 11.7. The van der Waals surface area contributed by atoms with Gasteiger partial charge in [0.05, 0.1) is 6.04 Å². The van der Waals surface area contributed by atoms with Gasteiger partial charge in [0.15, 0.2) is 5.96 Å². The Labute approximate surface area is 121 Å². The van der Waals surface area contributed by atoms with Gasteiger partial charge in [0.1, 0.15) is 6.04 Å². The summed E-state index contributed by atoms with van der Waals surface area (Å²) in [4.78, 5) is 33.3. The fourth-order valence-corrected chi connectivity index (χ4v) is 1.49. The van der Waals surface area contributed by atoms with Crippen LogP contribution in [-0.4, -0.2) is 47.5 Å². The molecule has 0 rings (SSSR count). The second-order valence-corrected chi connectivity index (χ2v) is 4.49. The smallest absolute Gasteiger partial charge is 0.326 e. The van der Waals surface area contributed by atoms with Crippen LogP contribution in [-0.2, 0) is 14.4 Å². The summed E-state index contributed by atoms with van der Waals surface area (Å²) in [5.41, 5.74) is 15.6. The number of aliphatic carboxylic acids is 1. The highest BCUT2D eigenvalue weighted by molar-refractivity contribution is 5.87. The predicted octanol–water partition coefficient (Wildman–Crippen LogP) is -2.59. The average Bonchev–Trinajstić information content (AvgIpc) is 2.38. The van der Waals surface area contributed by atoms with Crippen LogP contribution in [0.3, 0.4) is 0 Å². The first-order valence-corrected chi connectivity index (χ1v) is 6.39. The van der Waals surface area contributed by atoms with Crippen LogP contribution < -0.4 is 27.8 Å². The van der Waals surface area contributed by atoms with Crippen molar-refractivity contribution in [1.29, 1.82) is 5.41 Å². The standard InChI is InChI=1S/C11H22N6O4/c12-6(3-4-8(13)18)9(19)17-7(10(20)21)2-1-5-16-11(14)15/h6-7H,1-5,12H2,(H2,13,18)(H,17,19)(H,20,21)(H4,14,15,16)/t6-,7-/m0/s1. The van der Waals surface area contributed by atoms with E-state index < -0.39 is 29.9 Å². The van der Waals surface area contributed by atoms with Crippen LogP contribution in [0.4, 0.5) is 0 Å². The van der Waals surface area contributed by atoms with Crippen molar-refractivity contribution in [3.63, 3.8) is 0 Å². The van der Waals surface area contributed by atoms with Crippen molar-refractivity contribution in [3.05, 3.63) is 0 Å². The fourth-order valence-electron chi connectivity index (χ4n) is 1.49. The molecule has 2 amide bonds. The Bertz CT molecular complexity index is 400. The predicted molar refractivity (Wildman–Crippen MR) is 75.1 cm³/mol. The van der Waals surface area contributed by atoms with E-state index in [0.717, 1.165) is 0 Å². The number of hydrogen-bond donors (Lipinski definition) is 7. The number of carboxylic acids is 1. The van der Waals surface area contributed by atoms with Gasteiger partial charge in [-0.15, -0.1) is 0 Å². The molecule has 0 fully saturated rings. The topological polar surface area (TPSA) is 197 Å². The van der Waals surface area contributed by atoms with Gasteiger partial charge < -0.3 is 32.9 Å². The summed E-state index contributed by atoms with van der Waals surface area (Å²) in [6.07, 6.45) is 0.561. The normalized spacial score (nSPS) is 13.0. The first kappa shape index (κ1) is 18.6. The van der Waals surface area contributed by atoms with Crippen LogP contribution in [0.1, 0.15) is 25.7 Å². The number of nitrogens with one attached hydrogen (secondary N) is 3. The summed E-state index contributed by atoms with van der Waals surface area (Å²) >= 11 is 0. The molecule has 10 heteroatoms. The summed E-state index contributed by atoms with van der Waals surface area (Å²) < 4.78 is 0. The Hall–Kier alpha value is -2.36. The van der Waals surface area contributed by atoms with E-state index >= 15 is 0 Å². The number of amides is 2. The number of carbonyl (C=O) groups is 3. The maximum Gasteiger partial charge on any atom is 0.326 e. The number of guanidine groups is 1. The minimum absolute atomic E-state index is 0.0468. The number of carbonyl (C=O) groups excluding carboxylic acids is 2. The van der Waals surface area contributed by atoms with Gasteiger partial charge in [-0.25, -0.2) is 4.79 Å². The van der Waals surface area contributed by atoms with Crippen molar-refractivity contribution in [1.82, 2.24) is 10.6 Å². The summed E-state index contributed by atoms with van der Waals surface area (Å²) in [5.74, 6) is -2.63.